The lowest BCUT2D eigenvalue weighted by Crippen LogP contribution is -2.36. The molecule has 8 nitrogen and oxygen atoms in total. The first-order valence-electron chi connectivity index (χ1n) is 10.2. The van der Waals surface area contributed by atoms with Gasteiger partial charge in [0.05, 0.1) is 29.9 Å². The van der Waals surface area contributed by atoms with Crippen LogP contribution in [0.3, 0.4) is 0 Å². The number of hydrogen-bond donors (Lipinski definition) is 2. The second-order valence-corrected chi connectivity index (χ2v) is 7.73. The molecule has 11 heteroatoms. The highest BCUT2D eigenvalue weighted by Crippen LogP contribution is 2.44. The van der Waals surface area contributed by atoms with Crippen LogP contribution in [-0.2, 0) is 0 Å². The van der Waals surface area contributed by atoms with Crippen molar-refractivity contribution in [3.8, 4) is 5.69 Å². The number of anilines is 2. The van der Waals surface area contributed by atoms with Crippen LogP contribution in [0.15, 0.2) is 65.4 Å². The van der Waals surface area contributed by atoms with Crippen LogP contribution in [0.4, 0.5) is 24.8 Å². The highest BCUT2D eigenvalue weighted by atomic mass is 19.4. The van der Waals surface area contributed by atoms with Gasteiger partial charge >= 0.3 is 6.18 Å². The Labute approximate surface area is 186 Å². The maximum atomic E-state index is 13.8. The SMILES string of the molecule is Cc1cc(NC(=O)c2cnn3c2N[C@H](c2ccco2)C[C@H]3C(F)(F)F)n(-c2ccccc2)n1. The lowest BCUT2D eigenvalue weighted by Gasteiger charge is -2.32. The first-order valence-corrected chi connectivity index (χ1v) is 10.2. The van der Waals surface area contributed by atoms with Gasteiger partial charge < -0.3 is 15.1 Å². The molecule has 4 heterocycles. The Balaban J connectivity index is 1.49. The van der Waals surface area contributed by atoms with E-state index in [1.807, 2.05) is 30.3 Å². The van der Waals surface area contributed by atoms with E-state index in [0.29, 0.717) is 17.3 Å². The summed E-state index contributed by atoms with van der Waals surface area (Å²) in [7, 11) is 0. The third-order valence-corrected chi connectivity index (χ3v) is 5.44. The molecular formula is C22H19F3N6O2. The number of alkyl halides is 3. The predicted octanol–water partition coefficient (Wildman–Crippen LogP) is 4.88. The molecule has 2 atom stereocenters. The fourth-order valence-corrected chi connectivity index (χ4v) is 3.94. The minimum absolute atomic E-state index is 0.0148. The molecule has 0 saturated carbocycles. The van der Waals surface area contributed by atoms with Crippen molar-refractivity contribution in [3.05, 3.63) is 78.0 Å². The molecule has 0 bridgehead atoms. The van der Waals surface area contributed by atoms with Gasteiger partial charge in [0.1, 0.15) is 23.0 Å². The van der Waals surface area contributed by atoms with Crippen LogP contribution < -0.4 is 10.6 Å². The van der Waals surface area contributed by atoms with E-state index in [1.54, 1.807) is 29.8 Å². The van der Waals surface area contributed by atoms with E-state index in [0.717, 1.165) is 16.6 Å². The summed E-state index contributed by atoms with van der Waals surface area (Å²) in [6, 6.07) is 11.4. The van der Waals surface area contributed by atoms with Gasteiger partial charge in [0, 0.05) is 12.5 Å². The number of hydrogen-bond acceptors (Lipinski definition) is 5. The number of aryl methyl sites for hydroxylation is 1. The van der Waals surface area contributed by atoms with Crippen molar-refractivity contribution in [3.63, 3.8) is 0 Å². The number of para-hydroxylation sites is 1. The molecule has 0 saturated heterocycles. The van der Waals surface area contributed by atoms with Gasteiger partial charge in [-0.1, -0.05) is 18.2 Å². The topological polar surface area (TPSA) is 89.9 Å². The zero-order valence-electron chi connectivity index (χ0n) is 17.4. The Morgan fingerprint density at radius 2 is 2.00 bits per heavy atom. The average Bonchev–Trinajstić information content (AvgIpc) is 3.52. The van der Waals surface area contributed by atoms with Crippen LogP contribution >= 0.6 is 0 Å². The van der Waals surface area contributed by atoms with E-state index in [1.165, 1.54) is 6.26 Å². The largest absolute Gasteiger partial charge is 0.467 e. The summed E-state index contributed by atoms with van der Waals surface area (Å²) in [4.78, 5) is 13.1. The Kier molecular flexibility index (Phi) is 4.95. The summed E-state index contributed by atoms with van der Waals surface area (Å²) >= 11 is 0. The number of furan rings is 1. The number of amides is 1. The van der Waals surface area contributed by atoms with Crippen molar-refractivity contribution in [2.75, 3.05) is 10.6 Å². The molecule has 1 aliphatic rings. The standard InChI is InChI=1S/C22H19F3N6O2/c1-13-10-19(30(29-13)14-6-3-2-4-7-14)28-21(32)15-12-26-31-18(22(23,24)25)11-16(27-20(15)31)17-8-5-9-33-17/h2-10,12,16,18,27H,11H2,1H3,(H,28,32)/t16-,18-/m0/s1. The summed E-state index contributed by atoms with van der Waals surface area (Å²) in [5.74, 6) is 0.0991. The lowest BCUT2D eigenvalue weighted by atomic mass is 10.0. The van der Waals surface area contributed by atoms with Gasteiger partial charge in [0.25, 0.3) is 5.91 Å². The number of carbonyl (C=O) groups is 1. The monoisotopic (exact) mass is 456 g/mol. The first kappa shape index (κ1) is 20.9. The highest BCUT2D eigenvalue weighted by Gasteiger charge is 2.47. The molecule has 2 N–H and O–H groups in total. The maximum Gasteiger partial charge on any atom is 0.410 e. The maximum absolute atomic E-state index is 13.8. The molecule has 33 heavy (non-hydrogen) atoms. The fourth-order valence-electron chi connectivity index (χ4n) is 3.94. The second-order valence-electron chi connectivity index (χ2n) is 7.73. The summed E-state index contributed by atoms with van der Waals surface area (Å²) < 4.78 is 49.1. The van der Waals surface area contributed by atoms with Crippen LogP contribution in [0.25, 0.3) is 5.69 Å². The van der Waals surface area contributed by atoms with Crippen molar-refractivity contribution in [1.29, 1.82) is 0 Å². The molecule has 0 radical (unpaired) electrons. The van der Waals surface area contributed by atoms with E-state index < -0.39 is 24.2 Å². The van der Waals surface area contributed by atoms with Crippen molar-refractivity contribution in [2.45, 2.75) is 31.6 Å². The number of rotatable bonds is 4. The van der Waals surface area contributed by atoms with Gasteiger partial charge in [0.2, 0.25) is 0 Å². The van der Waals surface area contributed by atoms with E-state index in [2.05, 4.69) is 20.8 Å². The summed E-state index contributed by atoms with van der Waals surface area (Å²) in [5.41, 5.74) is 1.38. The molecule has 4 aromatic rings. The highest BCUT2D eigenvalue weighted by molar-refractivity contribution is 6.07. The van der Waals surface area contributed by atoms with Gasteiger partial charge in [0.15, 0.2) is 6.04 Å². The van der Waals surface area contributed by atoms with Crippen molar-refractivity contribution in [2.24, 2.45) is 0 Å². The molecule has 1 aliphatic heterocycles. The van der Waals surface area contributed by atoms with Gasteiger partial charge in [-0.2, -0.15) is 23.4 Å². The summed E-state index contributed by atoms with van der Waals surface area (Å²) in [6.07, 6.45) is -2.33. The Bertz CT molecular complexity index is 1280. The normalized spacial score (nSPS) is 17.9. The zero-order valence-corrected chi connectivity index (χ0v) is 17.4. The molecular weight excluding hydrogens is 437 g/mol. The smallest absolute Gasteiger partial charge is 0.410 e. The zero-order chi connectivity index (χ0) is 23.2. The average molecular weight is 456 g/mol. The first-order chi connectivity index (χ1) is 15.8. The number of carbonyl (C=O) groups excluding carboxylic acids is 1. The van der Waals surface area contributed by atoms with Crippen LogP contribution in [-0.4, -0.2) is 31.6 Å². The molecule has 170 valence electrons. The number of aromatic nitrogens is 4. The quantitative estimate of drug-likeness (QED) is 0.457. The number of nitrogens with one attached hydrogen (secondary N) is 2. The van der Waals surface area contributed by atoms with Crippen molar-refractivity contribution >= 4 is 17.5 Å². The van der Waals surface area contributed by atoms with E-state index in [-0.39, 0.29) is 17.8 Å². The number of benzene rings is 1. The molecule has 0 fully saturated rings. The van der Waals surface area contributed by atoms with Crippen molar-refractivity contribution in [1.82, 2.24) is 19.6 Å². The molecule has 0 unspecified atom stereocenters. The van der Waals surface area contributed by atoms with E-state index in [4.69, 9.17) is 4.42 Å². The molecule has 3 aromatic heterocycles. The Morgan fingerprint density at radius 1 is 1.21 bits per heavy atom. The third kappa shape index (κ3) is 3.86. The molecule has 1 amide bonds. The number of nitrogens with zero attached hydrogens (tertiary/aromatic N) is 4. The van der Waals surface area contributed by atoms with Gasteiger partial charge in [-0.15, -0.1) is 0 Å². The third-order valence-electron chi connectivity index (χ3n) is 5.44. The summed E-state index contributed by atoms with van der Waals surface area (Å²) in [5, 5.41) is 14.0. The minimum atomic E-state index is -4.55. The number of halogens is 3. The molecule has 1 aromatic carbocycles. The molecule has 0 spiro atoms. The van der Waals surface area contributed by atoms with Gasteiger partial charge in [-0.3, -0.25) is 4.79 Å². The Morgan fingerprint density at radius 3 is 2.70 bits per heavy atom. The van der Waals surface area contributed by atoms with Crippen LogP contribution in [0.1, 0.15) is 40.3 Å². The second kappa shape index (κ2) is 7.84. The van der Waals surface area contributed by atoms with Gasteiger partial charge in [-0.05, 0) is 31.2 Å². The molecule has 0 aliphatic carbocycles. The lowest BCUT2D eigenvalue weighted by molar-refractivity contribution is -0.174. The minimum Gasteiger partial charge on any atom is -0.467 e. The fraction of sp³-hybridized carbons (Fsp3) is 0.227. The van der Waals surface area contributed by atoms with Crippen LogP contribution in [0.5, 0.6) is 0 Å². The van der Waals surface area contributed by atoms with Crippen LogP contribution in [0, 0.1) is 6.92 Å². The summed E-state index contributed by atoms with van der Waals surface area (Å²) in [6.45, 7) is 1.78. The Hall–Kier alpha value is -4.02. The molecule has 5 rings (SSSR count). The van der Waals surface area contributed by atoms with Crippen LogP contribution in [0.2, 0.25) is 0 Å². The number of fused-ring (bicyclic) bond motifs is 1. The van der Waals surface area contributed by atoms with Gasteiger partial charge in [-0.25, -0.2) is 9.36 Å². The van der Waals surface area contributed by atoms with E-state index in [9.17, 15) is 18.0 Å². The predicted molar refractivity (Wildman–Crippen MR) is 113 cm³/mol. The van der Waals surface area contributed by atoms with Crippen molar-refractivity contribution < 1.29 is 22.4 Å². The van der Waals surface area contributed by atoms with E-state index >= 15 is 0 Å².